The van der Waals surface area contributed by atoms with Crippen molar-refractivity contribution in [3.63, 3.8) is 0 Å². The van der Waals surface area contributed by atoms with Gasteiger partial charge in [-0.2, -0.15) is 0 Å². The summed E-state index contributed by atoms with van der Waals surface area (Å²) < 4.78 is 0. The highest BCUT2D eigenvalue weighted by Gasteiger charge is 2.28. The van der Waals surface area contributed by atoms with Crippen LogP contribution in [0.1, 0.15) is 40.5 Å². The van der Waals surface area contributed by atoms with E-state index < -0.39 is 0 Å². The van der Waals surface area contributed by atoms with Crippen molar-refractivity contribution >= 4 is 11.8 Å². The molecule has 0 aliphatic heterocycles. The number of hydrogen-bond donors (Lipinski definition) is 2. The minimum Gasteiger partial charge on any atom is -0.355 e. The average molecular weight is 214 g/mol. The van der Waals surface area contributed by atoms with Crippen LogP contribution in [-0.2, 0) is 9.59 Å². The van der Waals surface area contributed by atoms with E-state index >= 15 is 0 Å². The van der Waals surface area contributed by atoms with Crippen LogP contribution in [0, 0.1) is 5.41 Å². The standard InChI is InChI=1S/C11H22N2O2/c1-5-11(4,6-2)10(15)13-8-7-12-9(3)14/h5-8H2,1-4H3,(H,12,14)(H,13,15). The molecule has 0 atom stereocenters. The van der Waals surface area contributed by atoms with Gasteiger partial charge < -0.3 is 10.6 Å². The summed E-state index contributed by atoms with van der Waals surface area (Å²) in [4.78, 5) is 22.3. The number of hydrogen-bond acceptors (Lipinski definition) is 2. The molecule has 0 aromatic heterocycles. The minimum atomic E-state index is -0.282. The topological polar surface area (TPSA) is 58.2 Å². The first-order chi connectivity index (χ1) is 6.96. The summed E-state index contributed by atoms with van der Waals surface area (Å²) in [5.74, 6) is -0.00385. The van der Waals surface area contributed by atoms with Gasteiger partial charge in [-0.3, -0.25) is 9.59 Å². The Balaban J connectivity index is 3.87. The Morgan fingerprint density at radius 3 is 1.93 bits per heavy atom. The number of carbonyl (C=O) groups excluding carboxylic acids is 2. The van der Waals surface area contributed by atoms with E-state index in [1.165, 1.54) is 6.92 Å². The summed E-state index contributed by atoms with van der Waals surface area (Å²) in [5.41, 5.74) is -0.282. The predicted molar refractivity (Wildman–Crippen MR) is 60.4 cm³/mol. The fourth-order valence-electron chi connectivity index (χ4n) is 1.20. The highest BCUT2D eigenvalue weighted by molar-refractivity contribution is 5.82. The molecular weight excluding hydrogens is 192 g/mol. The summed E-state index contributed by atoms with van der Waals surface area (Å²) in [7, 11) is 0. The first kappa shape index (κ1) is 13.9. The van der Waals surface area contributed by atoms with Crippen LogP contribution in [0.25, 0.3) is 0 Å². The quantitative estimate of drug-likeness (QED) is 0.650. The molecule has 0 aromatic carbocycles. The van der Waals surface area contributed by atoms with Crippen LogP contribution in [0.3, 0.4) is 0 Å². The molecule has 0 fully saturated rings. The van der Waals surface area contributed by atoms with Gasteiger partial charge in [-0.25, -0.2) is 0 Å². The van der Waals surface area contributed by atoms with Gasteiger partial charge in [0.25, 0.3) is 0 Å². The maximum atomic E-state index is 11.7. The van der Waals surface area contributed by atoms with Crippen molar-refractivity contribution in [2.45, 2.75) is 40.5 Å². The van der Waals surface area contributed by atoms with Crippen molar-refractivity contribution < 1.29 is 9.59 Å². The molecule has 0 aliphatic carbocycles. The summed E-state index contributed by atoms with van der Waals surface area (Å²) in [6.45, 7) is 8.43. The molecule has 4 heteroatoms. The zero-order chi connectivity index (χ0) is 11.9. The van der Waals surface area contributed by atoms with E-state index in [4.69, 9.17) is 0 Å². The van der Waals surface area contributed by atoms with E-state index in [2.05, 4.69) is 10.6 Å². The normalized spacial score (nSPS) is 10.9. The lowest BCUT2D eigenvalue weighted by atomic mass is 9.84. The molecule has 2 N–H and O–H groups in total. The van der Waals surface area contributed by atoms with Gasteiger partial charge in [-0.15, -0.1) is 0 Å². The lowest BCUT2D eigenvalue weighted by Crippen LogP contribution is -2.41. The van der Waals surface area contributed by atoms with Gasteiger partial charge in [0, 0.05) is 25.4 Å². The Morgan fingerprint density at radius 1 is 1.07 bits per heavy atom. The largest absolute Gasteiger partial charge is 0.355 e. The van der Waals surface area contributed by atoms with Crippen LogP contribution in [-0.4, -0.2) is 24.9 Å². The molecule has 0 radical (unpaired) electrons. The van der Waals surface area contributed by atoms with Crippen molar-refractivity contribution in [1.82, 2.24) is 10.6 Å². The zero-order valence-electron chi connectivity index (χ0n) is 10.1. The Kier molecular flexibility index (Phi) is 5.97. The maximum absolute atomic E-state index is 11.7. The number of carbonyl (C=O) groups is 2. The van der Waals surface area contributed by atoms with Gasteiger partial charge in [-0.05, 0) is 12.8 Å². The average Bonchev–Trinajstić information content (AvgIpc) is 2.22. The molecule has 0 heterocycles. The van der Waals surface area contributed by atoms with Gasteiger partial charge in [0.1, 0.15) is 0 Å². The second-order valence-electron chi connectivity index (χ2n) is 4.01. The molecule has 15 heavy (non-hydrogen) atoms. The fourth-order valence-corrected chi connectivity index (χ4v) is 1.20. The lowest BCUT2D eigenvalue weighted by molar-refractivity contribution is -0.130. The summed E-state index contributed by atoms with van der Waals surface area (Å²) in [6, 6.07) is 0. The molecule has 0 unspecified atom stereocenters. The molecule has 0 aromatic rings. The third-order valence-electron chi connectivity index (χ3n) is 2.89. The Bertz CT molecular complexity index is 223. The number of amides is 2. The van der Waals surface area contributed by atoms with Crippen molar-refractivity contribution in [2.75, 3.05) is 13.1 Å². The first-order valence-electron chi connectivity index (χ1n) is 5.49. The van der Waals surface area contributed by atoms with Crippen molar-refractivity contribution in [2.24, 2.45) is 5.41 Å². The van der Waals surface area contributed by atoms with Crippen LogP contribution in [0.4, 0.5) is 0 Å². The molecule has 2 amide bonds. The molecule has 0 saturated carbocycles. The fraction of sp³-hybridized carbons (Fsp3) is 0.818. The summed E-state index contributed by atoms with van der Waals surface area (Å²) in [6.07, 6.45) is 1.66. The third-order valence-corrected chi connectivity index (χ3v) is 2.89. The Morgan fingerprint density at radius 2 is 1.53 bits per heavy atom. The Labute approximate surface area is 91.8 Å². The van der Waals surface area contributed by atoms with E-state index in [1.807, 2.05) is 20.8 Å². The van der Waals surface area contributed by atoms with Gasteiger partial charge in [-0.1, -0.05) is 20.8 Å². The molecule has 0 spiro atoms. The second-order valence-corrected chi connectivity index (χ2v) is 4.01. The Hall–Kier alpha value is -1.06. The van der Waals surface area contributed by atoms with Gasteiger partial charge in [0.15, 0.2) is 0 Å². The highest BCUT2D eigenvalue weighted by atomic mass is 16.2. The van der Waals surface area contributed by atoms with Crippen molar-refractivity contribution in [3.05, 3.63) is 0 Å². The molecule has 88 valence electrons. The molecule has 0 saturated heterocycles. The monoisotopic (exact) mass is 214 g/mol. The first-order valence-corrected chi connectivity index (χ1v) is 5.49. The van der Waals surface area contributed by atoms with Gasteiger partial charge in [0.05, 0.1) is 0 Å². The van der Waals surface area contributed by atoms with Gasteiger partial charge >= 0.3 is 0 Å². The number of rotatable bonds is 6. The van der Waals surface area contributed by atoms with E-state index in [0.717, 1.165) is 12.8 Å². The van der Waals surface area contributed by atoms with Crippen molar-refractivity contribution in [3.8, 4) is 0 Å². The zero-order valence-corrected chi connectivity index (χ0v) is 10.1. The van der Waals surface area contributed by atoms with Gasteiger partial charge in [0.2, 0.25) is 11.8 Å². The van der Waals surface area contributed by atoms with E-state index in [-0.39, 0.29) is 17.2 Å². The van der Waals surface area contributed by atoms with Crippen molar-refractivity contribution in [1.29, 1.82) is 0 Å². The highest BCUT2D eigenvalue weighted by Crippen LogP contribution is 2.24. The summed E-state index contributed by atoms with van der Waals surface area (Å²) >= 11 is 0. The second kappa shape index (κ2) is 6.43. The van der Waals surface area contributed by atoms with E-state index in [9.17, 15) is 9.59 Å². The minimum absolute atomic E-state index is 0.0675. The molecule has 4 nitrogen and oxygen atoms in total. The van der Waals surface area contributed by atoms with Crippen LogP contribution < -0.4 is 10.6 Å². The third kappa shape index (κ3) is 4.81. The van der Waals surface area contributed by atoms with E-state index in [1.54, 1.807) is 0 Å². The SMILES string of the molecule is CCC(C)(CC)C(=O)NCCNC(C)=O. The maximum Gasteiger partial charge on any atom is 0.225 e. The predicted octanol–water partition coefficient (Wildman–Crippen LogP) is 1.06. The van der Waals surface area contributed by atoms with E-state index in [0.29, 0.717) is 13.1 Å². The molecule has 0 bridgehead atoms. The molecular formula is C11H22N2O2. The number of nitrogens with one attached hydrogen (secondary N) is 2. The van der Waals surface area contributed by atoms with Crippen LogP contribution in [0.5, 0.6) is 0 Å². The summed E-state index contributed by atoms with van der Waals surface area (Å²) in [5, 5.41) is 5.46. The molecule has 0 aliphatic rings. The molecule has 0 rings (SSSR count). The van der Waals surface area contributed by atoms with Crippen LogP contribution in [0.2, 0.25) is 0 Å². The van der Waals surface area contributed by atoms with Crippen LogP contribution in [0.15, 0.2) is 0 Å². The smallest absolute Gasteiger partial charge is 0.225 e. The van der Waals surface area contributed by atoms with Crippen LogP contribution >= 0.6 is 0 Å². The lowest BCUT2D eigenvalue weighted by Gasteiger charge is -2.25.